The van der Waals surface area contributed by atoms with Gasteiger partial charge in [0, 0.05) is 23.9 Å². The zero-order valence-corrected chi connectivity index (χ0v) is 19.8. The number of aromatic nitrogens is 2. The Morgan fingerprint density at radius 2 is 2.00 bits per heavy atom. The summed E-state index contributed by atoms with van der Waals surface area (Å²) >= 11 is 1.58. The number of nitrogens with one attached hydrogen (secondary N) is 1. The van der Waals surface area contributed by atoms with Gasteiger partial charge in [0.25, 0.3) is 5.91 Å². The molecule has 6 nitrogen and oxygen atoms in total. The molecule has 172 valence electrons. The van der Waals surface area contributed by atoms with E-state index in [1.807, 2.05) is 54.0 Å². The number of carbonyl (C=O) groups excluding carboxylic acids is 2. The molecule has 0 bridgehead atoms. The van der Waals surface area contributed by atoms with Crippen molar-refractivity contribution < 1.29 is 14.3 Å². The van der Waals surface area contributed by atoms with Crippen molar-refractivity contribution >= 4 is 29.3 Å². The van der Waals surface area contributed by atoms with Gasteiger partial charge in [0.05, 0.1) is 10.6 Å². The Bertz CT molecular complexity index is 1110. The number of para-hydroxylation sites is 1. The lowest BCUT2D eigenvalue weighted by molar-refractivity contribution is -0.144. The van der Waals surface area contributed by atoms with Gasteiger partial charge in [-0.05, 0) is 47.9 Å². The number of amides is 1. The van der Waals surface area contributed by atoms with Crippen molar-refractivity contribution in [1.29, 1.82) is 0 Å². The molecule has 2 heterocycles. The van der Waals surface area contributed by atoms with Crippen LogP contribution in [-0.2, 0) is 14.3 Å². The normalized spacial score (nSPS) is 20.6. The van der Waals surface area contributed by atoms with Gasteiger partial charge in [0.15, 0.2) is 6.61 Å². The standard InChI is InChI=1S/C26H29N3O3S/c1-18-8-6-11-22(19(18)2)27-24(30)17-32-25(31)14-13-20-16-29(21-9-4-3-5-10-21)28-26(20)23-12-7-15-33-23/h3-5,7,9-10,12-16,18-19,22H,6,8,11,17H2,1-2H3,(H,27,30). The molecule has 1 aliphatic rings. The highest BCUT2D eigenvalue weighted by Crippen LogP contribution is 2.30. The van der Waals surface area contributed by atoms with Crippen molar-refractivity contribution in [3.05, 3.63) is 65.7 Å². The highest BCUT2D eigenvalue weighted by Gasteiger charge is 2.28. The van der Waals surface area contributed by atoms with Crippen LogP contribution >= 0.6 is 11.3 Å². The van der Waals surface area contributed by atoms with Crippen LogP contribution in [-0.4, -0.2) is 34.3 Å². The maximum Gasteiger partial charge on any atom is 0.331 e. The molecule has 1 aromatic carbocycles. The topological polar surface area (TPSA) is 73.2 Å². The second-order valence-electron chi connectivity index (χ2n) is 8.57. The van der Waals surface area contributed by atoms with Crippen molar-refractivity contribution in [3.8, 4) is 16.3 Å². The lowest BCUT2D eigenvalue weighted by Crippen LogP contribution is -2.45. The van der Waals surface area contributed by atoms with Gasteiger partial charge < -0.3 is 10.1 Å². The fourth-order valence-electron chi connectivity index (χ4n) is 4.20. The van der Waals surface area contributed by atoms with Crippen molar-refractivity contribution in [2.75, 3.05) is 6.61 Å². The summed E-state index contributed by atoms with van der Waals surface area (Å²) in [6, 6.07) is 13.9. The number of hydrogen-bond acceptors (Lipinski definition) is 5. The highest BCUT2D eigenvalue weighted by molar-refractivity contribution is 7.13. The molecule has 3 atom stereocenters. The molecular formula is C26H29N3O3S. The lowest BCUT2D eigenvalue weighted by atomic mass is 9.78. The first-order valence-corrected chi connectivity index (χ1v) is 12.2. The molecule has 3 aromatic rings. The number of thiophene rings is 1. The Balaban J connectivity index is 1.39. The maximum atomic E-state index is 12.3. The largest absolute Gasteiger partial charge is 0.452 e. The van der Waals surface area contributed by atoms with Gasteiger partial charge in [-0.2, -0.15) is 5.10 Å². The molecule has 0 spiro atoms. The number of carbonyl (C=O) groups is 2. The molecule has 33 heavy (non-hydrogen) atoms. The molecule has 2 aromatic heterocycles. The van der Waals surface area contributed by atoms with Crippen LogP contribution < -0.4 is 5.32 Å². The molecule has 7 heteroatoms. The van der Waals surface area contributed by atoms with Crippen LogP contribution in [0.1, 0.15) is 38.7 Å². The summed E-state index contributed by atoms with van der Waals surface area (Å²) in [7, 11) is 0. The summed E-state index contributed by atoms with van der Waals surface area (Å²) in [5.41, 5.74) is 2.52. The minimum Gasteiger partial charge on any atom is -0.452 e. The number of benzene rings is 1. The van der Waals surface area contributed by atoms with E-state index >= 15 is 0 Å². The second-order valence-corrected chi connectivity index (χ2v) is 9.52. The van der Waals surface area contributed by atoms with Crippen molar-refractivity contribution in [1.82, 2.24) is 15.1 Å². The van der Waals surface area contributed by atoms with Crippen molar-refractivity contribution in [3.63, 3.8) is 0 Å². The smallest absolute Gasteiger partial charge is 0.331 e. The minimum absolute atomic E-state index is 0.146. The van der Waals surface area contributed by atoms with E-state index in [0.717, 1.165) is 34.7 Å². The Morgan fingerprint density at radius 1 is 1.18 bits per heavy atom. The molecule has 1 amide bonds. The van der Waals surface area contributed by atoms with Crippen molar-refractivity contribution in [2.24, 2.45) is 11.8 Å². The van der Waals surface area contributed by atoms with Crippen LogP contribution in [0.15, 0.2) is 60.1 Å². The predicted molar refractivity (Wildman–Crippen MR) is 131 cm³/mol. The number of ether oxygens (including phenoxy) is 1. The predicted octanol–water partition coefficient (Wildman–Crippen LogP) is 5.10. The Kier molecular flexibility index (Phi) is 7.40. The summed E-state index contributed by atoms with van der Waals surface area (Å²) in [5, 5.41) is 9.73. The minimum atomic E-state index is -0.556. The second kappa shape index (κ2) is 10.6. The highest BCUT2D eigenvalue weighted by atomic mass is 32.1. The average molecular weight is 464 g/mol. The third kappa shape index (κ3) is 5.79. The molecule has 1 fully saturated rings. The SMILES string of the molecule is CC1CCCC(NC(=O)COC(=O)C=Cc2cn(-c3ccccc3)nc2-c2cccs2)C1C. The van der Waals surface area contributed by atoms with E-state index in [1.165, 1.54) is 12.5 Å². The maximum absolute atomic E-state index is 12.3. The summed E-state index contributed by atoms with van der Waals surface area (Å²) in [4.78, 5) is 25.6. The van der Waals surface area contributed by atoms with E-state index in [0.29, 0.717) is 11.8 Å². The van der Waals surface area contributed by atoms with Crippen LogP contribution in [0.4, 0.5) is 0 Å². The Labute approximate surface area is 198 Å². The van der Waals surface area contributed by atoms with Gasteiger partial charge in [-0.15, -0.1) is 11.3 Å². The van der Waals surface area contributed by atoms with Gasteiger partial charge in [-0.3, -0.25) is 4.79 Å². The molecule has 4 rings (SSSR count). The first kappa shape index (κ1) is 23.0. The molecular weight excluding hydrogens is 434 g/mol. The zero-order valence-electron chi connectivity index (χ0n) is 18.9. The van der Waals surface area contributed by atoms with E-state index in [9.17, 15) is 9.59 Å². The Morgan fingerprint density at radius 3 is 2.76 bits per heavy atom. The van der Waals surface area contributed by atoms with Crippen LogP contribution in [0.5, 0.6) is 0 Å². The third-order valence-corrected chi connectivity index (χ3v) is 7.19. The van der Waals surface area contributed by atoms with Gasteiger partial charge in [-0.25, -0.2) is 9.48 Å². The zero-order chi connectivity index (χ0) is 23.2. The Hall–Kier alpha value is -3.19. The number of hydrogen-bond donors (Lipinski definition) is 1. The van der Waals surface area contributed by atoms with E-state index < -0.39 is 5.97 Å². The first-order valence-electron chi connectivity index (χ1n) is 11.3. The number of nitrogens with zero attached hydrogens (tertiary/aromatic N) is 2. The average Bonchev–Trinajstić information content (AvgIpc) is 3.50. The summed E-state index contributed by atoms with van der Waals surface area (Å²) in [5.74, 6) is 0.206. The first-order chi connectivity index (χ1) is 16.0. The molecule has 0 saturated heterocycles. The van der Waals surface area contributed by atoms with Crippen LogP contribution in [0.25, 0.3) is 22.3 Å². The summed E-state index contributed by atoms with van der Waals surface area (Å²) in [6.07, 6.45) is 8.20. The molecule has 1 N–H and O–H groups in total. The summed E-state index contributed by atoms with van der Waals surface area (Å²) < 4.78 is 6.98. The molecule has 0 aliphatic heterocycles. The van der Waals surface area contributed by atoms with E-state index in [-0.39, 0.29) is 18.6 Å². The van der Waals surface area contributed by atoms with E-state index in [1.54, 1.807) is 22.1 Å². The van der Waals surface area contributed by atoms with Gasteiger partial charge in [-0.1, -0.05) is 51.0 Å². The molecule has 3 unspecified atom stereocenters. The molecule has 0 radical (unpaired) electrons. The molecule has 1 aliphatic carbocycles. The van der Waals surface area contributed by atoms with E-state index in [2.05, 4.69) is 19.2 Å². The van der Waals surface area contributed by atoms with Crippen LogP contribution in [0.2, 0.25) is 0 Å². The molecule has 1 saturated carbocycles. The van der Waals surface area contributed by atoms with E-state index in [4.69, 9.17) is 9.84 Å². The number of rotatable bonds is 7. The van der Waals surface area contributed by atoms with Gasteiger partial charge in [0.1, 0.15) is 5.69 Å². The monoisotopic (exact) mass is 463 g/mol. The fourth-order valence-corrected chi connectivity index (χ4v) is 4.93. The number of esters is 1. The van der Waals surface area contributed by atoms with Crippen LogP contribution in [0, 0.1) is 11.8 Å². The van der Waals surface area contributed by atoms with Crippen LogP contribution in [0.3, 0.4) is 0 Å². The van der Waals surface area contributed by atoms with Gasteiger partial charge in [0.2, 0.25) is 0 Å². The summed E-state index contributed by atoms with van der Waals surface area (Å²) in [6.45, 7) is 4.12. The third-order valence-electron chi connectivity index (χ3n) is 6.32. The van der Waals surface area contributed by atoms with Crippen molar-refractivity contribution in [2.45, 2.75) is 39.2 Å². The lowest BCUT2D eigenvalue weighted by Gasteiger charge is -2.34. The van der Waals surface area contributed by atoms with Gasteiger partial charge >= 0.3 is 5.97 Å². The quantitative estimate of drug-likeness (QED) is 0.391. The fraction of sp³-hybridized carbons (Fsp3) is 0.346.